The summed E-state index contributed by atoms with van der Waals surface area (Å²) in [5.41, 5.74) is 6.05. The molecule has 5 nitrogen and oxygen atoms in total. The highest BCUT2D eigenvalue weighted by Crippen LogP contribution is 2.43. The largest absolute Gasteiger partial charge is 0.331 e. The zero-order valence-corrected chi connectivity index (χ0v) is 27.0. The Bertz CT molecular complexity index is 1610. The van der Waals surface area contributed by atoms with Crippen molar-refractivity contribution in [3.8, 4) is 0 Å². The van der Waals surface area contributed by atoms with E-state index in [0.29, 0.717) is 13.1 Å². The van der Waals surface area contributed by atoms with Crippen molar-refractivity contribution in [2.75, 3.05) is 37.6 Å². The minimum Gasteiger partial charge on any atom is -0.331 e. The number of para-hydroxylation sites is 1. The molecule has 0 saturated carbocycles. The van der Waals surface area contributed by atoms with Gasteiger partial charge in [0.15, 0.2) is 0 Å². The van der Waals surface area contributed by atoms with Crippen LogP contribution in [0.3, 0.4) is 0 Å². The van der Waals surface area contributed by atoms with Crippen molar-refractivity contribution in [3.63, 3.8) is 0 Å². The van der Waals surface area contributed by atoms with Crippen molar-refractivity contribution in [3.05, 3.63) is 144 Å². The predicted octanol–water partition coefficient (Wildman–Crippen LogP) is 7.53. The molecule has 4 aromatic rings. The predicted molar refractivity (Wildman–Crippen MR) is 188 cm³/mol. The Morgan fingerprint density at radius 3 is 2.04 bits per heavy atom. The molecule has 2 aliphatic heterocycles. The third-order valence-electron chi connectivity index (χ3n) is 10.1. The Morgan fingerprint density at radius 2 is 1.39 bits per heavy atom. The molecule has 2 saturated heterocycles. The maximum Gasteiger partial charge on any atom is 0.232 e. The van der Waals surface area contributed by atoms with Crippen LogP contribution in [0.4, 0.5) is 5.69 Å². The van der Waals surface area contributed by atoms with Crippen LogP contribution in [0.2, 0.25) is 0 Å². The van der Waals surface area contributed by atoms with E-state index < -0.39 is 0 Å². The van der Waals surface area contributed by atoms with Gasteiger partial charge in [-0.2, -0.15) is 0 Å². The fourth-order valence-electron chi connectivity index (χ4n) is 7.66. The van der Waals surface area contributed by atoms with Crippen LogP contribution in [0.1, 0.15) is 54.0 Å². The summed E-state index contributed by atoms with van der Waals surface area (Å²) in [5.74, 6) is -0.303. The average molecular weight is 632 g/mol. The number of hydrogen-bond donors (Lipinski definition) is 0. The van der Waals surface area contributed by atoms with Crippen molar-refractivity contribution in [1.82, 2.24) is 9.80 Å². The van der Waals surface area contributed by atoms with E-state index in [-0.39, 0.29) is 48.0 Å². The lowest BCUT2D eigenvalue weighted by Crippen LogP contribution is -2.43. The Balaban J connectivity index is 0.00000372. The van der Waals surface area contributed by atoms with Gasteiger partial charge in [-0.1, -0.05) is 115 Å². The molecule has 236 valence electrons. The van der Waals surface area contributed by atoms with Crippen LogP contribution in [0, 0.1) is 5.92 Å². The van der Waals surface area contributed by atoms with E-state index in [1.165, 1.54) is 11.1 Å². The molecule has 0 bridgehead atoms. The number of benzene rings is 4. The lowest BCUT2D eigenvalue weighted by atomic mass is 9.74. The molecule has 1 atom stereocenters. The van der Waals surface area contributed by atoms with Crippen molar-refractivity contribution < 1.29 is 9.59 Å². The van der Waals surface area contributed by atoms with E-state index in [1.807, 2.05) is 76.5 Å². The number of allylic oxidation sites excluding steroid dienone is 1. The first-order chi connectivity index (χ1) is 22.1. The molecule has 3 aliphatic rings. The van der Waals surface area contributed by atoms with Gasteiger partial charge in [-0.3, -0.25) is 9.59 Å². The molecule has 6 heteroatoms. The lowest BCUT2D eigenvalue weighted by Gasteiger charge is -2.39. The topological polar surface area (TPSA) is 43.9 Å². The van der Waals surface area contributed by atoms with Gasteiger partial charge in [-0.25, -0.2) is 0 Å². The van der Waals surface area contributed by atoms with Gasteiger partial charge in [-0.15, -0.1) is 12.4 Å². The maximum absolute atomic E-state index is 14.2. The van der Waals surface area contributed by atoms with E-state index in [9.17, 15) is 9.59 Å². The van der Waals surface area contributed by atoms with E-state index in [2.05, 4.69) is 65.6 Å². The quantitative estimate of drug-likeness (QED) is 0.192. The summed E-state index contributed by atoms with van der Waals surface area (Å²) >= 11 is 0. The van der Waals surface area contributed by atoms with Gasteiger partial charge < -0.3 is 14.7 Å². The Labute approximate surface area is 278 Å². The molecular formula is C40H42ClN3O2. The first kappa shape index (κ1) is 31.8. The third kappa shape index (κ3) is 6.40. The Morgan fingerprint density at radius 1 is 0.804 bits per heavy atom. The SMILES string of the molecule is Cl.O=C(C1CC(=O)N(C(c2ccccc2)c2ccccc2)C1)N(CCCN1CCC2(C=Cc3ccccc32)CC1)c1ccccc1. The van der Waals surface area contributed by atoms with Gasteiger partial charge in [0.2, 0.25) is 11.8 Å². The highest BCUT2D eigenvalue weighted by molar-refractivity contribution is 5.99. The maximum atomic E-state index is 14.2. The number of halogens is 1. The highest BCUT2D eigenvalue weighted by Gasteiger charge is 2.41. The number of piperidine rings is 1. The lowest BCUT2D eigenvalue weighted by molar-refractivity contribution is -0.129. The molecule has 0 radical (unpaired) electrons. The van der Waals surface area contributed by atoms with Gasteiger partial charge in [0.1, 0.15) is 0 Å². The minimum absolute atomic E-state index is 0. The Hall–Kier alpha value is -4.19. The van der Waals surface area contributed by atoms with Crippen molar-refractivity contribution in [2.45, 2.75) is 37.1 Å². The number of fused-ring (bicyclic) bond motifs is 2. The summed E-state index contributed by atoms with van der Waals surface area (Å²) in [5, 5.41) is 0. The fraction of sp³-hybridized carbons (Fsp3) is 0.300. The number of anilines is 1. The number of carbonyl (C=O) groups excluding carboxylic acids is 2. The molecule has 1 unspecified atom stereocenters. The van der Waals surface area contributed by atoms with Gasteiger partial charge in [-0.05, 0) is 73.3 Å². The molecule has 1 aliphatic carbocycles. The summed E-state index contributed by atoms with van der Waals surface area (Å²) in [6, 6.07) is 38.9. The molecule has 4 aromatic carbocycles. The van der Waals surface area contributed by atoms with Crippen LogP contribution < -0.4 is 4.90 Å². The van der Waals surface area contributed by atoms with Crippen LogP contribution in [-0.4, -0.2) is 54.3 Å². The number of amides is 2. The Kier molecular flexibility index (Phi) is 9.72. The molecule has 46 heavy (non-hydrogen) atoms. The van der Waals surface area contributed by atoms with Crippen molar-refractivity contribution in [1.29, 1.82) is 0 Å². The molecule has 1 spiro atoms. The van der Waals surface area contributed by atoms with Gasteiger partial charge >= 0.3 is 0 Å². The van der Waals surface area contributed by atoms with Crippen LogP contribution >= 0.6 is 12.4 Å². The fourth-order valence-corrected chi connectivity index (χ4v) is 7.66. The van der Waals surface area contributed by atoms with E-state index in [0.717, 1.165) is 55.7 Å². The second-order valence-corrected chi connectivity index (χ2v) is 12.8. The highest BCUT2D eigenvalue weighted by atomic mass is 35.5. The first-order valence-electron chi connectivity index (χ1n) is 16.4. The summed E-state index contributed by atoms with van der Waals surface area (Å²) in [6.45, 7) is 4.13. The molecule has 2 fully saturated rings. The number of hydrogen-bond acceptors (Lipinski definition) is 3. The van der Waals surface area contributed by atoms with Crippen LogP contribution in [0.25, 0.3) is 6.08 Å². The minimum atomic E-state index is -0.378. The second kappa shape index (κ2) is 14.1. The first-order valence-corrected chi connectivity index (χ1v) is 16.4. The molecule has 2 amide bonds. The van der Waals surface area contributed by atoms with Gasteiger partial charge in [0.25, 0.3) is 0 Å². The average Bonchev–Trinajstić information content (AvgIpc) is 3.65. The van der Waals surface area contributed by atoms with E-state index >= 15 is 0 Å². The van der Waals surface area contributed by atoms with Crippen LogP contribution in [0.5, 0.6) is 0 Å². The smallest absolute Gasteiger partial charge is 0.232 e. The van der Waals surface area contributed by atoms with Gasteiger partial charge in [0, 0.05) is 30.6 Å². The number of carbonyl (C=O) groups is 2. The van der Waals surface area contributed by atoms with Crippen molar-refractivity contribution in [2.24, 2.45) is 5.92 Å². The second-order valence-electron chi connectivity index (χ2n) is 12.8. The zero-order valence-electron chi connectivity index (χ0n) is 26.2. The summed E-state index contributed by atoms with van der Waals surface area (Å²) in [6.07, 6.45) is 8.11. The third-order valence-corrected chi connectivity index (χ3v) is 10.1. The van der Waals surface area contributed by atoms with E-state index in [4.69, 9.17) is 0 Å². The number of nitrogens with zero attached hydrogens (tertiary/aromatic N) is 3. The molecular weight excluding hydrogens is 590 g/mol. The van der Waals surface area contributed by atoms with Crippen LogP contribution in [-0.2, 0) is 15.0 Å². The number of rotatable bonds is 9. The normalized spacial score (nSPS) is 18.5. The van der Waals surface area contributed by atoms with Crippen molar-refractivity contribution >= 4 is 36.0 Å². The molecule has 0 aromatic heterocycles. The summed E-state index contributed by atoms with van der Waals surface area (Å²) in [7, 11) is 0. The van der Waals surface area contributed by atoms with Gasteiger partial charge in [0.05, 0.1) is 12.0 Å². The monoisotopic (exact) mass is 631 g/mol. The van der Waals surface area contributed by atoms with E-state index in [1.54, 1.807) is 0 Å². The molecule has 0 N–H and O–H groups in total. The summed E-state index contributed by atoms with van der Waals surface area (Å²) in [4.78, 5) is 34.2. The number of likely N-dealkylation sites (tertiary alicyclic amines) is 2. The summed E-state index contributed by atoms with van der Waals surface area (Å²) < 4.78 is 0. The van der Waals surface area contributed by atoms with Crippen LogP contribution in [0.15, 0.2) is 121 Å². The molecule has 2 heterocycles. The molecule has 7 rings (SSSR count). The standard InChI is InChI=1S/C40H41N3O2.ClH/c44-37-29-34(30-43(37)38(32-14-4-1-5-15-32)33-16-6-2-7-17-33)39(45)42(35-18-8-3-9-19-35)26-12-25-41-27-23-40(24-28-41)22-21-31-13-10-11-20-36(31)40;/h1-11,13-22,34,38H,12,23-30H2;1H. The zero-order chi connectivity index (χ0) is 30.6.